The molecule has 0 spiro atoms. The molecule has 102 valence electrons. The molecule has 3 aliphatic carbocycles. The van der Waals surface area contributed by atoms with Crippen LogP contribution in [0.5, 0.6) is 0 Å². The zero-order valence-corrected chi connectivity index (χ0v) is 11.6. The van der Waals surface area contributed by atoms with Gasteiger partial charge in [0.05, 0.1) is 0 Å². The Morgan fingerprint density at radius 1 is 0.889 bits per heavy atom. The third-order valence-corrected chi connectivity index (χ3v) is 6.73. The summed E-state index contributed by atoms with van der Waals surface area (Å²) in [6, 6.07) is 1.47. The van der Waals surface area contributed by atoms with E-state index >= 15 is 0 Å². The zero-order valence-electron chi connectivity index (χ0n) is 11.6. The third-order valence-electron chi connectivity index (χ3n) is 6.73. The van der Waals surface area contributed by atoms with E-state index in [4.69, 9.17) is 5.73 Å². The number of rotatable bonds is 2. The lowest BCUT2D eigenvalue weighted by Crippen LogP contribution is -2.45. The number of hydrogen-bond acceptors (Lipinski definition) is 2. The van der Waals surface area contributed by atoms with Crippen LogP contribution < -0.4 is 5.73 Å². The fraction of sp³-hybridized carbons (Fsp3) is 1.00. The molecule has 1 saturated heterocycles. The largest absolute Gasteiger partial charge is 0.327 e. The maximum absolute atomic E-state index is 6.48. The second-order valence-corrected chi connectivity index (χ2v) is 7.47. The molecule has 1 aliphatic heterocycles. The molecule has 2 N–H and O–H groups in total. The number of fused-ring (bicyclic) bond motifs is 3. The van der Waals surface area contributed by atoms with E-state index in [0.717, 1.165) is 29.7 Å². The summed E-state index contributed by atoms with van der Waals surface area (Å²) >= 11 is 0. The summed E-state index contributed by atoms with van der Waals surface area (Å²) in [6.07, 6.45) is 11.8. The van der Waals surface area contributed by atoms with Crippen LogP contribution >= 0.6 is 0 Å². The number of hydrogen-bond donors (Lipinski definition) is 1. The maximum atomic E-state index is 6.48. The van der Waals surface area contributed by atoms with Crippen LogP contribution in [0, 0.1) is 23.7 Å². The van der Waals surface area contributed by atoms with Gasteiger partial charge in [-0.2, -0.15) is 0 Å². The van der Waals surface area contributed by atoms with Crippen LogP contribution in [0.25, 0.3) is 0 Å². The molecule has 0 aromatic carbocycles. The van der Waals surface area contributed by atoms with Gasteiger partial charge in [-0.25, -0.2) is 0 Å². The fourth-order valence-corrected chi connectivity index (χ4v) is 5.73. The summed E-state index contributed by atoms with van der Waals surface area (Å²) < 4.78 is 0. The van der Waals surface area contributed by atoms with Crippen LogP contribution in [-0.2, 0) is 0 Å². The first-order chi connectivity index (χ1) is 8.83. The van der Waals surface area contributed by atoms with E-state index in [9.17, 15) is 0 Å². The van der Waals surface area contributed by atoms with Crippen LogP contribution in [0.2, 0.25) is 0 Å². The molecule has 2 bridgehead atoms. The molecular weight excluding hydrogens is 220 g/mol. The average Bonchev–Trinajstić information content (AvgIpc) is 3.08. The van der Waals surface area contributed by atoms with Crippen molar-refractivity contribution in [3.63, 3.8) is 0 Å². The van der Waals surface area contributed by atoms with Crippen molar-refractivity contribution in [2.45, 2.75) is 63.5 Å². The molecule has 6 unspecified atom stereocenters. The molecule has 4 aliphatic rings. The smallest absolute Gasteiger partial charge is 0.0124 e. The van der Waals surface area contributed by atoms with E-state index in [0.29, 0.717) is 6.04 Å². The van der Waals surface area contributed by atoms with Gasteiger partial charge in [0.2, 0.25) is 0 Å². The van der Waals surface area contributed by atoms with E-state index in [2.05, 4.69) is 4.90 Å². The molecule has 0 radical (unpaired) electrons. The first kappa shape index (κ1) is 11.7. The Bertz CT molecular complexity index is 314. The summed E-state index contributed by atoms with van der Waals surface area (Å²) in [7, 11) is 0. The maximum Gasteiger partial charge on any atom is 0.0124 e. The van der Waals surface area contributed by atoms with Gasteiger partial charge in [0, 0.05) is 18.6 Å². The first-order valence-electron chi connectivity index (χ1n) is 8.32. The van der Waals surface area contributed by atoms with Crippen LogP contribution in [0.4, 0.5) is 0 Å². The van der Waals surface area contributed by atoms with E-state index in [1.807, 2.05) is 0 Å². The number of nitrogens with two attached hydrogens (primary N) is 1. The fourth-order valence-electron chi connectivity index (χ4n) is 5.73. The Hall–Kier alpha value is -0.0800. The SMILES string of the molecule is NC1C2CCC(C2)C1CN1CCC2CCCCC21. The Morgan fingerprint density at radius 3 is 2.56 bits per heavy atom. The molecule has 18 heavy (non-hydrogen) atoms. The van der Waals surface area contributed by atoms with E-state index in [-0.39, 0.29) is 0 Å². The molecule has 1 heterocycles. The van der Waals surface area contributed by atoms with Crippen molar-refractivity contribution in [2.75, 3.05) is 13.1 Å². The standard InChI is InChI=1S/C16H28N2/c17-16-13-6-5-12(9-13)14(16)10-18-8-7-11-3-1-2-4-15(11)18/h11-16H,1-10,17H2. The molecular formula is C16H28N2. The van der Waals surface area contributed by atoms with Crippen molar-refractivity contribution in [1.29, 1.82) is 0 Å². The number of nitrogens with zero attached hydrogens (tertiary/aromatic N) is 1. The van der Waals surface area contributed by atoms with Gasteiger partial charge in [-0.1, -0.05) is 12.8 Å². The van der Waals surface area contributed by atoms with Crippen molar-refractivity contribution < 1.29 is 0 Å². The van der Waals surface area contributed by atoms with Gasteiger partial charge in [0.1, 0.15) is 0 Å². The van der Waals surface area contributed by atoms with Gasteiger partial charge >= 0.3 is 0 Å². The second-order valence-electron chi connectivity index (χ2n) is 7.47. The van der Waals surface area contributed by atoms with E-state index < -0.39 is 0 Å². The Balaban J connectivity index is 1.43. The highest BCUT2D eigenvalue weighted by molar-refractivity contribution is 5.01. The molecule has 6 atom stereocenters. The van der Waals surface area contributed by atoms with Crippen molar-refractivity contribution in [3.8, 4) is 0 Å². The molecule has 2 heteroatoms. The van der Waals surface area contributed by atoms with Crippen molar-refractivity contribution in [3.05, 3.63) is 0 Å². The molecule has 3 saturated carbocycles. The minimum atomic E-state index is 0.534. The van der Waals surface area contributed by atoms with Crippen molar-refractivity contribution >= 4 is 0 Å². The highest BCUT2D eigenvalue weighted by Gasteiger charge is 2.47. The predicted molar refractivity (Wildman–Crippen MR) is 74.2 cm³/mol. The number of likely N-dealkylation sites (tertiary alicyclic amines) is 1. The van der Waals surface area contributed by atoms with Crippen LogP contribution in [0.15, 0.2) is 0 Å². The first-order valence-corrected chi connectivity index (χ1v) is 8.32. The van der Waals surface area contributed by atoms with Gasteiger partial charge in [0.15, 0.2) is 0 Å². The Morgan fingerprint density at radius 2 is 1.72 bits per heavy atom. The van der Waals surface area contributed by atoms with Gasteiger partial charge < -0.3 is 5.73 Å². The topological polar surface area (TPSA) is 29.3 Å². The summed E-state index contributed by atoms with van der Waals surface area (Å²) in [4.78, 5) is 2.84. The quantitative estimate of drug-likeness (QED) is 0.814. The normalized spacial score (nSPS) is 51.8. The Kier molecular flexibility index (Phi) is 2.92. The molecule has 0 amide bonds. The highest BCUT2D eigenvalue weighted by atomic mass is 15.2. The average molecular weight is 248 g/mol. The predicted octanol–water partition coefficient (Wildman–Crippen LogP) is 2.62. The minimum absolute atomic E-state index is 0.534. The van der Waals surface area contributed by atoms with Crippen molar-refractivity contribution in [2.24, 2.45) is 29.4 Å². The lowest BCUT2D eigenvalue weighted by molar-refractivity contribution is 0.130. The van der Waals surface area contributed by atoms with Gasteiger partial charge in [-0.15, -0.1) is 0 Å². The van der Waals surface area contributed by atoms with Gasteiger partial charge in [0.25, 0.3) is 0 Å². The minimum Gasteiger partial charge on any atom is -0.327 e. The summed E-state index contributed by atoms with van der Waals surface area (Å²) in [5.74, 6) is 3.73. The van der Waals surface area contributed by atoms with Crippen LogP contribution in [-0.4, -0.2) is 30.1 Å². The molecule has 4 fully saturated rings. The molecule has 4 rings (SSSR count). The van der Waals surface area contributed by atoms with Gasteiger partial charge in [-0.3, -0.25) is 4.90 Å². The summed E-state index contributed by atoms with van der Waals surface area (Å²) in [5, 5.41) is 0. The third kappa shape index (κ3) is 1.76. The molecule has 0 aromatic heterocycles. The lowest BCUT2D eigenvalue weighted by atomic mass is 9.83. The van der Waals surface area contributed by atoms with Crippen molar-refractivity contribution in [1.82, 2.24) is 4.90 Å². The molecule has 2 nitrogen and oxygen atoms in total. The molecule has 0 aromatic rings. The van der Waals surface area contributed by atoms with E-state index in [1.54, 1.807) is 0 Å². The van der Waals surface area contributed by atoms with E-state index in [1.165, 1.54) is 64.5 Å². The second kappa shape index (κ2) is 4.49. The highest BCUT2D eigenvalue weighted by Crippen LogP contribution is 2.48. The Labute approximate surface area is 111 Å². The van der Waals surface area contributed by atoms with Crippen LogP contribution in [0.3, 0.4) is 0 Å². The van der Waals surface area contributed by atoms with Gasteiger partial charge in [-0.05, 0) is 68.7 Å². The lowest BCUT2D eigenvalue weighted by Gasteiger charge is -2.37. The zero-order chi connectivity index (χ0) is 12.1. The summed E-state index contributed by atoms with van der Waals surface area (Å²) in [5.41, 5.74) is 6.48. The van der Waals surface area contributed by atoms with Crippen LogP contribution in [0.1, 0.15) is 51.4 Å². The summed E-state index contributed by atoms with van der Waals surface area (Å²) in [6.45, 7) is 2.71. The monoisotopic (exact) mass is 248 g/mol.